The minimum Gasteiger partial charge on any atom is -0.756 e. The first-order valence-electron chi connectivity index (χ1n) is 43.8. The predicted octanol–water partition coefficient (Wildman–Crippen LogP) is -6.69. The Morgan fingerprint density at radius 3 is 0.837 bits per heavy atom. The SMILES string of the molecule is COP(=O)([O-])OCCCCCCNC(=O)COc1cc(C(=O)N(CC(=O)NCCCCCCOC2OC(CO)C(O)C(O)C2NC(C)=O)CC(=O)NCCCCCCOC2OC(CO)C(O)C(O)C2NC(C)=O)cc(C(=O)N(CC(=O)NCCCCCCOC2OC(CO)C(O)C(O)C2NC(C)=O)CC(=O)NCCCCCCOC2OC(CO)C(O)C(O)C2NC(C)=O)c1. The van der Waals surface area contributed by atoms with Crippen LogP contribution in [0, 0.1) is 0 Å². The van der Waals surface area contributed by atoms with Crippen LogP contribution >= 0.6 is 7.82 Å². The fourth-order valence-electron chi connectivity index (χ4n) is 14.3. The van der Waals surface area contributed by atoms with Gasteiger partial charge in [-0.15, -0.1) is 0 Å². The third kappa shape index (κ3) is 40.5. The maximum absolute atomic E-state index is 15.3. The zero-order valence-electron chi connectivity index (χ0n) is 73.9. The molecule has 738 valence electrons. The normalized spacial score (nSPS) is 26.1. The van der Waals surface area contributed by atoms with Gasteiger partial charge in [-0.1, -0.05) is 64.2 Å². The van der Waals surface area contributed by atoms with Crippen LogP contribution in [-0.2, 0) is 94.7 Å². The molecule has 48 heteroatoms. The number of unbranched alkanes of at least 4 members (excludes halogenated alkanes) is 15. The van der Waals surface area contributed by atoms with Gasteiger partial charge < -0.3 is 176 Å². The van der Waals surface area contributed by atoms with E-state index in [0.29, 0.717) is 128 Å². The van der Waals surface area contributed by atoms with Crippen LogP contribution in [0.15, 0.2) is 18.2 Å². The number of phosphoric acid groups is 1. The molecule has 1 aromatic rings. The first-order valence-corrected chi connectivity index (χ1v) is 45.3. The number of aliphatic hydroxyl groups excluding tert-OH is 12. The Hall–Kier alpha value is -7.50. The fraction of sp³-hybridized carbons (Fsp3) is 0.790. The van der Waals surface area contributed by atoms with Gasteiger partial charge >= 0.3 is 0 Å². The van der Waals surface area contributed by atoms with Gasteiger partial charge in [-0.2, -0.15) is 0 Å². The number of hydrogen-bond donors (Lipinski definition) is 21. The number of carbonyl (C=O) groups is 11. The van der Waals surface area contributed by atoms with Gasteiger partial charge in [0.15, 0.2) is 31.8 Å². The minimum atomic E-state index is -4.43. The Kier molecular flexibility index (Phi) is 52.6. The van der Waals surface area contributed by atoms with Crippen LogP contribution in [0.5, 0.6) is 5.75 Å². The van der Waals surface area contributed by atoms with Crippen molar-refractivity contribution in [1.82, 2.24) is 57.7 Å². The molecule has 0 aliphatic carbocycles. The molecule has 47 nitrogen and oxygen atoms in total. The van der Waals surface area contributed by atoms with E-state index in [2.05, 4.69) is 52.4 Å². The zero-order valence-corrected chi connectivity index (χ0v) is 74.8. The van der Waals surface area contributed by atoms with Crippen molar-refractivity contribution in [3.63, 3.8) is 0 Å². The van der Waals surface area contributed by atoms with Crippen LogP contribution in [0.25, 0.3) is 0 Å². The maximum Gasteiger partial charge on any atom is 0.267 e. The van der Waals surface area contributed by atoms with Crippen LogP contribution < -0.4 is 57.5 Å². The molecule has 4 saturated heterocycles. The van der Waals surface area contributed by atoms with E-state index in [4.69, 9.17) is 47.2 Å². The number of hydrogen-bond acceptors (Lipinski definition) is 36. The smallest absolute Gasteiger partial charge is 0.267 e. The summed E-state index contributed by atoms with van der Waals surface area (Å²) in [5, 5.41) is 147. The van der Waals surface area contributed by atoms with E-state index in [1.807, 2.05) is 0 Å². The highest BCUT2D eigenvalue weighted by Crippen LogP contribution is 2.37. The van der Waals surface area contributed by atoms with Crippen molar-refractivity contribution in [2.45, 2.75) is 279 Å². The van der Waals surface area contributed by atoms with Crippen LogP contribution in [0.3, 0.4) is 0 Å². The molecular formula is C81H137N11O36P-. The summed E-state index contributed by atoms with van der Waals surface area (Å²) in [5.74, 6) is -8.14. The molecule has 4 aliphatic heterocycles. The van der Waals surface area contributed by atoms with Crippen molar-refractivity contribution in [2.75, 3.05) is 132 Å². The van der Waals surface area contributed by atoms with Gasteiger partial charge in [0.2, 0.25) is 47.3 Å². The summed E-state index contributed by atoms with van der Waals surface area (Å²) in [5.41, 5.74) is -0.774. The number of benzene rings is 1. The number of rotatable bonds is 62. The summed E-state index contributed by atoms with van der Waals surface area (Å²) < 4.78 is 72.5. The Morgan fingerprint density at radius 1 is 0.357 bits per heavy atom. The van der Waals surface area contributed by atoms with Crippen LogP contribution in [0.1, 0.15) is 177 Å². The summed E-state index contributed by atoms with van der Waals surface area (Å²) in [6.45, 7) is -1.13. The van der Waals surface area contributed by atoms with E-state index in [1.54, 1.807) is 0 Å². The molecule has 0 spiro atoms. The van der Waals surface area contributed by atoms with Crippen LogP contribution in [0.4, 0.5) is 0 Å². The van der Waals surface area contributed by atoms with Gasteiger partial charge in [0.05, 0.1) is 33.0 Å². The molecule has 0 aromatic heterocycles. The number of ether oxygens (including phenoxy) is 9. The molecule has 21 unspecified atom stereocenters. The molecule has 0 radical (unpaired) electrons. The van der Waals surface area contributed by atoms with Gasteiger partial charge in [0.1, 0.15) is 129 Å². The maximum atomic E-state index is 15.3. The first kappa shape index (κ1) is 112. The molecule has 21 N–H and O–H groups in total. The molecule has 5 rings (SSSR count). The van der Waals surface area contributed by atoms with E-state index in [1.165, 1.54) is 27.7 Å². The number of nitrogens with zero attached hydrogens (tertiary/aromatic N) is 2. The Labute approximate surface area is 748 Å². The Bertz CT molecular complexity index is 3270. The zero-order chi connectivity index (χ0) is 95.1. The summed E-state index contributed by atoms with van der Waals surface area (Å²) in [4.78, 5) is 161. The van der Waals surface area contributed by atoms with Gasteiger partial charge in [-0.25, -0.2) is 0 Å². The summed E-state index contributed by atoms with van der Waals surface area (Å²) in [6.07, 6.45) is -12.7. The fourth-order valence-corrected chi connectivity index (χ4v) is 14.8. The van der Waals surface area contributed by atoms with E-state index >= 15 is 9.59 Å². The largest absolute Gasteiger partial charge is 0.756 e. The standard InChI is InChI=1S/C81H138N11O36P/c1-48(97)87-64-72(110)68(106)55(43-93)125-78(64)119-31-21-11-6-16-26-82-59(101)39-91(40-60(102)83-27-17-7-12-22-32-120-79-65(88-49(2)98)73(111)69(107)56(44-94)126-79)76(114)52-36-53(38-54(37-52)123-47-63(105)86-30-20-10-15-25-35-124-129(116,117)118-5)77(115)92(41-61(103)84-28-18-8-13-23-33-121-80-66(89-50(3)99)74(112)70(108)57(45-95)127-80)42-62(104)85-29-19-9-14-24-34-122-81-67(90-51(4)100)75(113)71(109)58(46-96)128-81/h36-38,55-58,64-75,78-81,93-96,106-113H,6-35,39-47H2,1-5H3,(H,82,101)(H,83,102)(H,84,103)(H,85,104)(H,86,105)(H,87,97)(H,88,98)(H,89,99)(H,90,100)(H,116,117)/p-1. The lowest BCUT2D eigenvalue weighted by atomic mass is 9.97. The number of nitrogens with one attached hydrogen (secondary N) is 9. The molecule has 1 aromatic carbocycles. The summed E-state index contributed by atoms with van der Waals surface area (Å²) in [7, 11) is -3.46. The summed E-state index contributed by atoms with van der Waals surface area (Å²) in [6, 6.07) is -1.25. The number of phosphoric ester groups is 1. The van der Waals surface area contributed by atoms with Gasteiger partial charge in [-0.3, -0.25) is 57.3 Å². The topological polar surface area (TPSA) is 687 Å². The second kappa shape index (κ2) is 60.6. The van der Waals surface area contributed by atoms with E-state index in [9.17, 15) is 114 Å². The van der Waals surface area contributed by atoms with E-state index < -0.39 is 255 Å². The average molecular weight is 1870 g/mol. The van der Waals surface area contributed by atoms with E-state index in [0.717, 1.165) is 35.1 Å². The lowest BCUT2D eigenvalue weighted by molar-refractivity contribution is -0.270. The van der Waals surface area contributed by atoms with Crippen LogP contribution in [0.2, 0.25) is 0 Å². The van der Waals surface area contributed by atoms with Crippen LogP contribution in [-0.4, -0.2) is 391 Å². The highest BCUT2D eigenvalue weighted by molar-refractivity contribution is 7.45. The molecular weight excluding hydrogens is 1730 g/mol. The molecule has 0 bridgehead atoms. The highest BCUT2D eigenvalue weighted by atomic mass is 31.2. The van der Waals surface area contributed by atoms with Crippen molar-refractivity contribution in [3.8, 4) is 5.75 Å². The molecule has 4 aliphatic rings. The van der Waals surface area contributed by atoms with Crippen molar-refractivity contribution in [1.29, 1.82) is 0 Å². The molecule has 21 atom stereocenters. The third-order valence-corrected chi connectivity index (χ3v) is 22.2. The quantitative estimate of drug-likeness (QED) is 0.0213. The first-order chi connectivity index (χ1) is 61.6. The molecule has 0 saturated carbocycles. The Balaban J connectivity index is 1.37. The number of carbonyl (C=O) groups excluding carboxylic acids is 11. The van der Waals surface area contributed by atoms with E-state index in [-0.39, 0.29) is 82.6 Å². The monoisotopic (exact) mass is 1870 g/mol. The second-order valence-corrected chi connectivity index (χ2v) is 33.4. The van der Waals surface area contributed by atoms with Crippen molar-refractivity contribution in [2.24, 2.45) is 0 Å². The molecule has 11 amide bonds. The van der Waals surface area contributed by atoms with Gasteiger partial charge in [0.25, 0.3) is 25.5 Å². The summed E-state index contributed by atoms with van der Waals surface area (Å²) >= 11 is 0. The molecule has 4 fully saturated rings. The van der Waals surface area contributed by atoms with Crippen molar-refractivity contribution < 1.29 is 175 Å². The lowest BCUT2D eigenvalue weighted by Gasteiger charge is -2.42. The predicted molar refractivity (Wildman–Crippen MR) is 447 cm³/mol. The number of aliphatic hydroxyl groups is 12. The average Bonchev–Trinajstić information content (AvgIpc) is 0.816. The van der Waals surface area contributed by atoms with Gasteiger partial charge in [0, 0.05) is 105 Å². The van der Waals surface area contributed by atoms with Crippen molar-refractivity contribution in [3.05, 3.63) is 29.3 Å². The highest BCUT2D eigenvalue weighted by Gasteiger charge is 2.49. The Morgan fingerprint density at radius 2 is 0.597 bits per heavy atom. The molecule has 4 heterocycles. The van der Waals surface area contributed by atoms with Gasteiger partial charge in [-0.05, 0) is 82.4 Å². The number of amides is 11. The minimum absolute atomic E-state index is 0.0542. The second-order valence-electron chi connectivity index (χ2n) is 31.9. The lowest BCUT2D eigenvalue weighted by Crippen LogP contribution is -2.64. The third-order valence-electron chi connectivity index (χ3n) is 21.3. The van der Waals surface area contributed by atoms with Crippen molar-refractivity contribution >= 4 is 72.8 Å². The molecule has 129 heavy (non-hydrogen) atoms.